The number of rotatable bonds is 6. The quantitative estimate of drug-likeness (QED) is 0.551. The smallest absolute Gasteiger partial charge is 0.222 e. The SMILES string of the molecule is COc1ccccc1Cn1ccc2nc(N)nc(NCc3ccon3)c21. The topological polar surface area (TPSA) is 104 Å². The molecule has 8 nitrogen and oxygen atoms in total. The van der Waals surface area contributed by atoms with Crippen molar-refractivity contribution in [3.8, 4) is 5.75 Å². The second-order valence-electron chi connectivity index (χ2n) is 5.76. The molecule has 0 spiro atoms. The van der Waals surface area contributed by atoms with E-state index in [1.54, 1.807) is 13.2 Å². The fraction of sp³-hybridized carbons (Fsp3) is 0.167. The van der Waals surface area contributed by atoms with Gasteiger partial charge < -0.3 is 24.9 Å². The summed E-state index contributed by atoms with van der Waals surface area (Å²) in [5.41, 5.74) is 9.34. The summed E-state index contributed by atoms with van der Waals surface area (Å²) in [6.45, 7) is 1.10. The molecule has 0 aliphatic carbocycles. The molecule has 4 aromatic rings. The number of nitrogens with zero attached hydrogens (tertiary/aromatic N) is 4. The number of benzene rings is 1. The average molecular weight is 350 g/mol. The number of nitrogen functional groups attached to an aromatic ring is 1. The van der Waals surface area contributed by atoms with E-state index in [1.165, 1.54) is 6.26 Å². The van der Waals surface area contributed by atoms with Gasteiger partial charge in [0.05, 0.1) is 25.7 Å². The average Bonchev–Trinajstić information content (AvgIpc) is 3.30. The molecule has 3 heterocycles. The summed E-state index contributed by atoms with van der Waals surface area (Å²) in [4.78, 5) is 8.69. The number of ether oxygens (including phenoxy) is 1. The fourth-order valence-electron chi connectivity index (χ4n) is 2.90. The van der Waals surface area contributed by atoms with E-state index in [0.29, 0.717) is 18.9 Å². The summed E-state index contributed by atoms with van der Waals surface area (Å²) in [7, 11) is 1.67. The van der Waals surface area contributed by atoms with Crippen LogP contribution >= 0.6 is 0 Å². The Morgan fingerprint density at radius 1 is 1.19 bits per heavy atom. The summed E-state index contributed by atoms with van der Waals surface area (Å²) in [6.07, 6.45) is 3.50. The zero-order chi connectivity index (χ0) is 17.9. The summed E-state index contributed by atoms with van der Waals surface area (Å²) in [5.74, 6) is 1.70. The van der Waals surface area contributed by atoms with Gasteiger partial charge in [0.1, 0.15) is 23.2 Å². The fourth-order valence-corrected chi connectivity index (χ4v) is 2.90. The van der Waals surface area contributed by atoms with Crippen LogP contribution < -0.4 is 15.8 Å². The summed E-state index contributed by atoms with van der Waals surface area (Å²) in [6, 6.07) is 11.6. The molecule has 132 valence electrons. The first-order valence-electron chi connectivity index (χ1n) is 8.12. The van der Waals surface area contributed by atoms with Crippen LogP contribution in [0.25, 0.3) is 11.0 Å². The van der Waals surface area contributed by atoms with Crippen LogP contribution in [0.3, 0.4) is 0 Å². The molecule has 0 radical (unpaired) electrons. The Hall–Kier alpha value is -3.55. The number of nitrogens with one attached hydrogen (secondary N) is 1. The molecule has 3 N–H and O–H groups in total. The van der Waals surface area contributed by atoms with E-state index in [1.807, 2.05) is 36.5 Å². The Kier molecular flexibility index (Phi) is 4.14. The molecular weight excluding hydrogens is 332 g/mol. The van der Waals surface area contributed by atoms with E-state index in [4.69, 9.17) is 15.0 Å². The van der Waals surface area contributed by atoms with Crippen molar-refractivity contribution in [1.29, 1.82) is 0 Å². The summed E-state index contributed by atoms with van der Waals surface area (Å²) >= 11 is 0. The van der Waals surface area contributed by atoms with E-state index < -0.39 is 0 Å². The Morgan fingerprint density at radius 2 is 2.08 bits per heavy atom. The normalized spacial score (nSPS) is 11.0. The molecule has 4 rings (SSSR count). The lowest BCUT2D eigenvalue weighted by Crippen LogP contribution is -2.08. The number of para-hydroxylation sites is 1. The van der Waals surface area contributed by atoms with E-state index in [2.05, 4.69) is 25.0 Å². The summed E-state index contributed by atoms with van der Waals surface area (Å²) < 4.78 is 12.4. The predicted molar refractivity (Wildman–Crippen MR) is 97.9 cm³/mol. The van der Waals surface area contributed by atoms with Crippen LogP contribution in [-0.2, 0) is 13.1 Å². The van der Waals surface area contributed by atoms with E-state index in [0.717, 1.165) is 28.0 Å². The van der Waals surface area contributed by atoms with Gasteiger partial charge in [-0.25, -0.2) is 4.98 Å². The van der Waals surface area contributed by atoms with Crippen molar-refractivity contribution in [3.63, 3.8) is 0 Å². The monoisotopic (exact) mass is 350 g/mol. The minimum Gasteiger partial charge on any atom is -0.496 e. The molecule has 0 aliphatic rings. The third-order valence-electron chi connectivity index (χ3n) is 4.09. The third kappa shape index (κ3) is 3.04. The molecule has 1 aromatic carbocycles. The van der Waals surface area contributed by atoms with Crippen molar-refractivity contribution >= 4 is 22.8 Å². The standard InChI is InChI=1S/C18H18N6O2/c1-25-15-5-3-2-4-12(15)11-24-8-6-14-16(24)17(22-18(19)21-14)20-10-13-7-9-26-23-13/h2-9H,10-11H2,1H3,(H3,19,20,21,22). The van der Waals surface area contributed by atoms with Gasteiger partial charge in [0, 0.05) is 17.8 Å². The van der Waals surface area contributed by atoms with Crippen molar-refractivity contribution in [3.05, 3.63) is 60.1 Å². The number of aromatic nitrogens is 4. The van der Waals surface area contributed by atoms with Crippen molar-refractivity contribution in [1.82, 2.24) is 19.7 Å². The van der Waals surface area contributed by atoms with E-state index >= 15 is 0 Å². The molecule has 0 atom stereocenters. The lowest BCUT2D eigenvalue weighted by Gasteiger charge is -2.12. The molecule has 8 heteroatoms. The molecule has 26 heavy (non-hydrogen) atoms. The van der Waals surface area contributed by atoms with Gasteiger partial charge in [-0.15, -0.1) is 0 Å². The van der Waals surface area contributed by atoms with Crippen LogP contribution in [0.5, 0.6) is 5.75 Å². The van der Waals surface area contributed by atoms with Gasteiger partial charge in [0.2, 0.25) is 5.95 Å². The zero-order valence-corrected chi connectivity index (χ0v) is 14.2. The van der Waals surface area contributed by atoms with Crippen molar-refractivity contribution < 1.29 is 9.26 Å². The molecule has 0 unspecified atom stereocenters. The Bertz CT molecular complexity index is 1030. The highest BCUT2D eigenvalue weighted by molar-refractivity contribution is 5.87. The number of hydrogen-bond donors (Lipinski definition) is 2. The van der Waals surface area contributed by atoms with Crippen LogP contribution in [0.15, 0.2) is 53.4 Å². The van der Waals surface area contributed by atoms with E-state index in [-0.39, 0.29) is 5.95 Å². The maximum absolute atomic E-state index is 5.86. The van der Waals surface area contributed by atoms with Crippen LogP contribution in [0.4, 0.5) is 11.8 Å². The second-order valence-corrected chi connectivity index (χ2v) is 5.76. The van der Waals surface area contributed by atoms with Crippen molar-refractivity contribution in [2.45, 2.75) is 13.1 Å². The van der Waals surface area contributed by atoms with Gasteiger partial charge in [-0.3, -0.25) is 0 Å². The first kappa shape index (κ1) is 15.9. The number of nitrogens with two attached hydrogens (primary N) is 1. The maximum atomic E-state index is 5.86. The Balaban J connectivity index is 1.71. The molecule has 0 aliphatic heterocycles. The van der Waals surface area contributed by atoms with Gasteiger partial charge in [0.15, 0.2) is 5.82 Å². The minimum absolute atomic E-state index is 0.218. The molecule has 0 fully saturated rings. The van der Waals surface area contributed by atoms with Gasteiger partial charge >= 0.3 is 0 Å². The van der Waals surface area contributed by atoms with Crippen molar-refractivity contribution in [2.75, 3.05) is 18.2 Å². The van der Waals surface area contributed by atoms with Gasteiger partial charge in [-0.1, -0.05) is 23.4 Å². The highest BCUT2D eigenvalue weighted by Crippen LogP contribution is 2.26. The Morgan fingerprint density at radius 3 is 2.88 bits per heavy atom. The first-order chi connectivity index (χ1) is 12.7. The molecule has 0 bridgehead atoms. The summed E-state index contributed by atoms with van der Waals surface area (Å²) in [5, 5.41) is 7.16. The number of hydrogen-bond acceptors (Lipinski definition) is 7. The lowest BCUT2D eigenvalue weighted by molar-refractivity contribution is 0.408. The highest BCUT2D eigenvalue weighted by Gasteiger charge is 2.13. The van der Waals surface area contributed by atoms with Crippen LogP contribution in [-0.4, -0.2) is 26.8 Å². The zero-order valence-electron chi connectivity index (χ0n) is 14.2. The number of fused-ring (bicyclic) bond motifs is 1. The third-order valence-corrected chi connectivity index (χ3v) is 4.09. The van der Waals surface area contributed by atoms with Gasteiger partial charge in [-0.05, 0) is 12.1 Å². The maximum Gasteiger partial charge on any atom is 0.222 e. The minimum atomic E-state index is 0.218. The molecule has 0 amide bonds. The van der Waals surface area contributed by atoms with Crippen molar-refractivity contribution in [2.24, 2.45) is 0 Å². The first-order valence-corrected chi connectivity index (χ1v) is 8.12. The highest BCUT2D eigenvalue weighted by atomic mass is 16.5. The van der Waals surface area contributed by atoms with Gasteiger partial charge in [-0.2, -0.15) is 4.98 Å². The number of methoxy groups -OCH3 is 1. The number of anilines is 2. The second kappa shape index (κ2) is 6.75. The van der Waals surface area contributed by atoms with Gasteiger partial charge in [0.25, 0.3) is 0 Å². The largest absolute Gasteiger partial charge is 0.496 e. The van der Waals surface area contributed by atoms with Crippen LogP contribution in [0, 0.1) is 0 Å². The molecular formula is C18H18N6O2. The Labute approximate surface area is 149 Å². The molecule has 0 saturated carbocycles. The molecule has 0 saturated heterocycles. The molecule has 3 aromatic heterocycles. The van der Waals surface area contributed by atoms with E-state index in [9.17, 15) is 0 Å². The predicted octanol–water partition coefficient (Wildman–Crippen LogP) is 2.67. The van der Waals surface area contributed by atoms with Crippen LogP contribution in [0.2, 0.25) is 0 Å². The lowest BCUT2D eigenvalue weighted by atomic mass is 10.2. The van der Waals surface area contributed by atoms with Crippen LogP contribution in [0.1, 0.15) is 11.3 Å².